The highest BCUT2D eigenvalue weighted by atomic mass is 32.1. The Morgan fingerprint density at radius 2 is 1.81 bits per heavy atom. The molecule has 2 aromatic carbocycles. The third-order valence-electron chi connectivity index (χ3n) is 5.54. The minimum Gasteiger partial charge on any atom is -0.494 e. The minimum absolute atomic E-state index is 0.0303. The number of carbonyl (C=O) groups excluding carboxylic acids is 1. The van der Waals surface area contributed by atoms with E-state index < -0.39 is 0 Å². The van der Waals surface area contributed by atoms with Crippen LogP contribution in [0, 0.1) is 6.92 Å². The highest BCUT2D eigenvalue weighted by molar-refractivity contribution is 7.20. The zero-order valence-corrected chi connectivity index (χ0v) is 19.0. The second kappa shape index (κ2) is 8.27. The summed E-state index contributed by atoms with van der Waals surface area (Å²) < 4.78 is 14.0. The van der Waals surface area contributed by atoms with E-state index in [9.17, 15) is 4.79 Å². The molecule has 0 radical (unpaired) electrons. The normalized spacial score (nSPS) is 15.5. The molecule has 0 fully saturated rings. The topological polar surface area (TPSA) is 78.3 Å². The Hall–Kier alpha value is -3.39. The van der Waals surface area contributed by atoms with Crippen LogP contribution >= 0.6 is 11.3 Å². The van der Waals surface area contributed by atoms with Gasteiger partial charge in [0.1, 0.15) is 17.3 Å². The molecule has 4 aromatic rings. The van der Waals surface area contributed by atoms with Crippen LogP contribution < -0.4 is 14.8 Å². The minimum atomic E-state index is -0.0675. The first-order chi connectivity index (χ1) is 15.6. The number of amides is 1. The largest absolute Gasteiger partial charge is 0.494 e. The van der Waals surface area contributed by atoms with Crippen LogP contribution in [-0.4, -0.2) is 33.9 Å². The summed E-state index contributed by atoms with van der Waals surface area (Å²) in [6, 6.07) is 13.8. The predicted octanol–water partition coefficient (Wildman–Crippen LogP) is 5.06. The van der Waals surface area contributed by atoms with Gasteiger partial charge in [0.25, 0.3) is 0 Å². The Bertz CT molecular complexity index is 1290. The quantitative estimate of drug-likeness (QED) is 0.446. The van der Waals surface area contributed by atoms with Crippen molar-refractivity contribution in [3.8, 4) is 16.6 Å². The van der Waals surface area contributed by atoms with Crippen molar-refractivity contribution in [2.45, 2.75) is 33.1 Å². The van der Waals surface area contributed by atoms with Crippen molar-refractivity contribution in [2.24, 2.45) is 0 Å². The molecule has 1 atom stereocenters. The van der Waals surface area contributed by atoms with Crippen LogP contribution in [0.3, 0.4) is 0 Å². The molecule has 3 heterocycles. The molecule has 2 aromatic heterocycles. The van der Waals surface area contributed by atoms with E-state index in [-0.39, 0.29) is 11.8 Å². The Morgan fingerprint density at radius 3 is 2.56 bits per heavy atom. The van der Waals surface area contributed by atoms with E-state index in [2.05, 4.69) is 5.32 Å². The van der Waals surface area contributed by atoms with Crippen molar-refractivity contribution in [3.63, 3.8) is 0 Å². The SMILES string of the molecule is CCOc1ccc([C@@H]2CC(=O)Nc3c2c(C)nn3-c2nc3ccc(OCC)cc3s2)cc1. The van der Waals surface area contributed by atoms with Gasteiger partial charge in [-0.2, -0.15) is 9.78 Å². The second-order valence-corrected chi connectivity index (χ2v) is 8.63. The maximum atomic E-state index is 12.7. The van der Waals surface area contributed by atoms with Crippen molar-refractivity contribution in [1.82, 2.24) is 14.8 Å². The first kappa shape index (κ1) is 20.5. The molecule has 0 saturated heterocycles. The number of anilines is 1. The monoisotopic (exact) mass is 448 g/mol. The molecular formula is C24H24N4O3S. The van der Waals surface area contributed by atoms with E-state index in [4.69, 9.17) is 19.6 Å². The van der Waals surface area contributed by atoms with E-state index in [0.717, 1.165) is 38.5 Å². The number of aryl methyl sites for hydroxylation is 1. The molecule has 7 nitrogen and oxygen atoms in total. The number of hydrogen-bond donors (Lipinski definition) is 1. The fraction of sp³-hybridized carbons (Fsp3) is 0.292. The van der Waals surface area contributed by atoms with Gasteiger partial charge in [0.15, 0.2) is 0 Å². The van der Waals surface area contributed by atoms with Gasteiger partial charge in [-0.05, 0) is 56.7 Å². The van der Waals surface area contributed by atoms with Gasteiger partial charge in [0.2, 0.25) is 11.0 Å². The van der Waals surface area contributed by atoms with Crippen LogP contribution in [0.25, 0.3) is 15.3 Å². The number of rotatable bonds is 6. The van der Waals surface area contributed by atoms with Gasteiger partial charge in [0, 0.05) is 17.9 Å². The Morgan fingerprint density at radius 1 is 1.09 bits per heavy atom. The molecule has 1 N–H and O–H groups in total. The van der Waals surface area contributed by atoms with E-state index in [0.29, 0.717) is 30.6 Å². The number of hydrogen-bond acceptors (Lipinski definition) is 6. The van der Waals surface area contributed by atoms with E-state index >= 15 is 0 Å². The van der Waals surface area contributed by atoms with Gasteiger partial charge in [-0.25, -0.2) is 4.98 Å². The molecule has 32 heavy (non-hydrogen) atoms. The number of nitrogens with one attached hydrogen (secondary N) is 1. The third kappa shape index (κ3) is 3.60. The summed E-state index contributed by atoms with van der Waals surface area (Å²) in [4.78, 5) is 17.4. The molecule has 5 rings (SSSR count). The van der Waals surface area contributed by atoms with Crippen LogP contribution in [0.5, 0.6) is 11.5 Å². The highest BCUT2D eigenvalue weighted by Crippen LogP contribution is 2.41. The lowest BCUT2D eigenvalue weighted by Crippen LogP contribution is -2.24. The Balaban J connectivity index is 1.56. The molecule has 0 spiro atoms. The number of ether oxygens (including phenoxy) is 2. The molecule has 0 saturated carbocycles. The van der Waals surface area contributed by atoms with Crippen molar-refractivity contribution in [3.05, 3.63) is 59.3 Å². The fourth-order valence-electron chi connectivity index (χ4n) is 4.17. The first-order valence-electron chi connectivity index (χ1n) is 10.7. The summed E-state index contributed by atoms with van der Waals surface area (Å²) in [5, 5.41) is 8.52. The summed E-state index contributed by atoms with van der Waals surface area (Å²) in [7, 11) is 0. The zero-order chi connectivity index (χ0) is 22.2. The summed E-state index contributed by atoms with van der Waals surface area (Å²) in [5.41, 5.74) is 3.86. The van der Waals surface area contributed by atoms with Crippen molar-refractivity contribution in [1.29, 1.82) is 0 Å². The van der Waals surface area contributed by atoms with Crippen molar-refractivity contribution >= 4 is 33.3 Å². The lowest BCUT2D eigenvalue weighted by Gasteiger charge is -2.24. The number of carbonyl (C=O) groups is 1. The maximum absolute atomic E-state index is 12.7. The lowest BCUT2D eigenvalue weighted by molar-refractivity contribution is -0.116. The number of thiazole rings is 1. The standard InChI is InChI=1S/C24H24N4O3S/c1-4-30-16-8-6-15(7-9-16)18-13-21(29)26-23-22(18)14(3)27-28(23)24-25-19-11-10-17(31-5-2)12-20(19)32-24/h6-12,18H,4-5,13H2,1-3H3,(H,26,29)/t18-/m0/s1. The summed E-state index contributed by atoms with van der Waals surface area (Å²) >= 11 is 1.52. The van der Waals surface area contributed by atoms with Crippen molar-refractivity contribution < 1.29 is 14.3 Å². The Labute approximate surface area is 190 Å². The molecular weight excluding hydrogens is 424 g/mol. The van der Waals surface area contributed by atoms with Gasteiger partial charge >= 0.3 is 0 Å². The van der Waals surface area contributed by atoms with Gasteiger partial charge in [-0.3, -0.25) is 4.79 Å². The van der Waals surface area contributed by atoms with Gasteiger partial charge in [-0.1, -0.05) is 23.5 Å². The molecule has 0 unspecified atom stereocenters. The third-order valence-corrected chi connectivity index (χ3v) is 6.53. The molecule has 164 valence electrons. The van der Waals surface area contributed by atoms with Crippen LogP contribution in [0.4, 0.5) is 5.82 Å². The highest BCUT2D eigenvalue weighted by Gasteiger charge is 2.33. The number of nitrogens with zero attached hydrogens (tertiary/aromatic N) is 3. The number of fused-ring (bicyclic) bond motifs is 2. The van der Waals surface area contributed by atoms with Crippen molar-refractivity contribution in [2.75, 3.05) is 18.5 Å². The van der Waals surface area contributed by atoms with Crippen LogP contribution in [0.2, 0.25) is 0 Å². The van der Waals surface area contributed by atoms with E-state index in [1.54, 1.807) is 4.68 Å². The van der Waals surface area contributed by atoms with Crippen LogP contribution in [0.1, 0.15) is 43.0 Å². The molecule has 0 bridgehead atoms. The molecule has 1 aliphatic heterocycles. The summed E-state index contributed by atoms with van der Waals surface area (Å²) in [5.74, 6) is 2.24. The van der Waals surface area contributed by atoms with Crippen LogP contribution in [-0.2, 0) is 4.79 Å². The summed E-state index contributed by atoms with van der Waals surface area (Å²) in [6.45, 7) is 7.14. The van der Waals surface area contributed by atoms with Gasteiger partial charge < -0.3 is 14.8 Å². The molecule has 0 aliphatic carbocycles. The van der Waals surface area contributed by atoms with Crippen LogP contribution in [0.15, 0.2) is 42.5 Å². The first-order valence-corrected chi connectivity index (χ1v) is 11.5. The summed E-state index contributed by atoms with van der Waals surface area (Å²) in [6.07, 6.45) is 0.380. The maximum Gasteiger partial charge on any atom is 0.226 e. The fourth-order valence-corrected chi connectivity index (χ4v) is 5.13. The number of aromatic nitrogens is 3. The lowest BCUT2D eigenvalue weighted by atomic mass is 9.86. The van der Waals surface area contributed by atoms with E-state index in [1.165, 1.54) is 11.3 Å². The molecule has 1 aliphatic rings. The average Bonchev–Trinajstić information content (AvgIpc) is 3.35. The Kier molecular flexibility index (Phi) is 5.30. The smallest absolute Gasteiger partial charge is 0.226 e. The molecule has 8 heteroatoms. The zero-order valence-electron chi connectivity index (χ0n) is 18.2. The van der Waals surface area contributed by atoms with Gasteiger partial charge in [-0.15, -0.1) is 0 Å². The van der Waals surface area contributed by atoms with Gasteiger partial charge in [0.05, 0.1) is 29.1 Å². The van der Waals surface area contributed by atoms with E-state index in [1.807, 2.05) is 63.2 Å². The average molecular weight is 449 g/mol. The molecule has 1 amide bonds. The predicted molar refractivity (Wildman–Crippen MR) is 125 cm³/mol. The number of benzene rings is 2. The second-order valence-electron chi connectivity index (χ2n) is 7.63.